The molecule has 0 radical (unpaired) electrons. The maximum Gasteiger partial charge on any atom is 0.265 e. The molecule has 0 unspecified atom stereocenters. The molecule has 1 aromatic heterocycles. The Morgan fingerprint density at radius 2 is 1.97 bits per heavy atom. The summed E-state index contributed by atoms with van der Waals surface area (Å²) in [5.41, 5.74) is 1.87. The van der Waals surface area contributed by atoms with Crippen molar-refractivity contribution >= 4 is 51.1 Å². The molecule has 0 atom stereocenters. The Kier molecular flexibility index (Phi) is 6.67. The number of amides is 1. The summed E-state index contributed by atoms with van der Waals surface area (Å²) in [5.74, 6) is 0.261. The molecule has 0 aliphatic carbocycles. The molecule has 1 heterocycles. The van der Waals surface area contributed by atoms with E-state index in [-0.39, 0.29) is 16.6 Å². The van der Waals surface area contributed by atoms with E-state index in [1.165, 1.54) is 26.2 Å². The first-order valence-electron chi connectivity index (χ1n) is 9.08. The summed E-state index contributed by atoms with van der Waals surface area (Å²) >= 11 is 5.94. The molecular formula is C21H20ClN3O5S. The van der Waals surface area contributed by atoms with Crippen molar-refractivity contribution in [1.82, 2.24) is 5.16 Å². The first kappa shape index (κ1) is 22.4. The minimum absolute atomic E-state index is 0.0482. The fourth-order valence-electron chi connectivity index (χ4n) is 2.77. The molecule has 0 saturated heterocycles. The van der Waals surface area contributed by atoms with E-state index in [1.54, 1.807) is 49.4 Å². The van der Waals surface area contributed by atoms with Crippen LogP contribution in [0.25, 0.3) is 12.2 Å². The molecule has 3 aromatic rings. The van der Waals surface area contributed by atoms with Crippen molar-refractivity contribution in [2.45, 2.75) is 18.7 Å². The van der Waals surface area contributed by atoms with Crippen molar-refractivity contribution in [2.24, 2.45) is 0 Å². The zero-order valence-electron chi connectivity index (χ0n) is 17.0. The van der Waals surface area contributed by atoms with Crippen molar-refractivity contribution in [3.63, 3.8) is 0 Å². The molecule has 0 fully saturated rings. The van der Waals surface area contributed by atoms with Crippen LogP contribution in [0.4, 0.5) is 11.4 Å². The van der Waals surface area contributed by atoms with Gasteiger partial charge in [-0.1, -0.05) is 35.0 Å². The van der Waals surface area contributed by atoms with E-state index in [0.717, 1.165) is 0 Å². The predicted octanol–water partition coefficient (Wildman–Crippen LogP) is 4.57. The van der Waals surface area contributed by atoms with Crippen LogP contribution in [0.3, 0.4) is 0 Å². The lowest BCUT2D eigenvalue weighted by Gasteiger charge is -2.12. The number of sulfonamides is 1. The summed E-state index contributed by atoms with van der Waals surface area (Å²) < 4.78 is 38.9. The zero-order chi connectivity index (χ0) is 22.6. The number of nitrogens with zero attached hydrogens (tertiary/aromatic N) is 1. The van der Waals surface area contributed by atoms with Crippen molar-refractivity contribution in [2.75, 3.05) is 17.1 Å². The Balaban J connectivity index is 1.94. The largest absolute Gasteiger partial charge is 0.495 e. The summed E-state index contributed by atoms with van der Waals surface area (Å²) in [7, 11) is -2.57. The molecule has 0 bridgehead atoms. The van der Waals surface area contributed by atoms with E-state index in [4.69, 9.17) is 20.9 Å². The smallest absolute Gasteiger partial charge is 0.265 e. The highest BCUT2D eigenvalue weighted by Gasteiger charge is 2.20. The van der Waals surface area contributed by atoms with Crippen molar-refractivity contribution in [3.05, 3.63) is 64.5 Å². The number of carbonyl (C=O) groups excluding carboxylic acids is 1. The van der Waals surface area contributed by atoms with Gasteiger partial charge < -0.3 is 14.6 Å². The molecule has 3 rings (SSSR count). The van der Waals surface area contributed by atoms with Crippen LogP contribution in [-0.2, 0) is 14.8 Å². The first-order chi connectivity index (χ1) is 14.7. The van der Waals surface area contributed by atoms with Gasteiger partial charge in [0.05, 0.1) is 12.8 Å². The van der Waals surface area contributed by atoms with Gasteiger partial charge in [0.2, 0.25) is 5.91 Å². The number of hydrogen-bond donors (Lipinski definition) is 2. The maximum atomic E-state index is 13.0. The van der Waals surface area contributed by atoms with E-state index in [1.807, 2.05) is 0 Å². The third kappa shape index (κ3) is 5.44. The van der Waals surface area contributed by atoms with Gasteiger partial charge >= 0.3 is 0 Å². The van der Waals surface area contributed by atoms with Crippen LogP contribution < -0.4 is 14.8 Å². The lowest BCUT2D eigenvalue weighted by molar-refractivity contribution is -0.114. The number of halogens is 1. The highest BCUT2D eigenvalue weighted by molar-refractivity contribution is 7.92. The average molecular weight is 462 g/mol. The number of carbonyl (C=O) groups is 1. The summed E-state index contributed by atoms with van der Waals surface area (Å²) in [4.78, 5) is 11.3. The average Bonchev–Trinajstić information content (AvgIpc) is 3.05. The van der Waals surface area contributed by atoms with Crippen molar-refractivity contribution in [3.8, 4) is 5.75 Å². The Labute approximate surface area is 184 Å². The summed E-state index contributed by atoms with van der Waals surface area (Å²) in [6.07, 6.45) is 3.23. The summed E-state index contributed by atoms with van der Waals surface area (Å²) in [6, 6.07) is 11.1. The topological polar surface area (TPSA) is 111 Å². The van der Waals surface area contributed by atoms with E-state index >= 15 is 0 Å². The maximum absolute atomic E-state index is 13.0. The fraction of sp³-hybridized carbons (Fsp3) is 0.143. The van der Waals surface area contributed by atoms with Gasteiger partial charge in [0, 0.05) is 11.9 Å². The monoisotopic (exact) mass is 461 g/mol. The van der Waals surface area contributed by atoms with Gasteiger partial charge in [-0.25, -0.2) is 8.42 Å². The van der Waals surface area contributed by atoms with Crippen LogP contribution in [0, 0.1) is 6.92 Å². The van der Waals surface area contributed by atoms with E-state index in [0.29, 0.717) is 33.4 Å². The Hall–Kier alpha value is -3.30. The lowest BCUT2D eigenvalue weighted by atomic mass is 10.2. The fourth-order valence-corrected chi connectivity index (χ4v) is 4.22. The first-order valence-corrected chi connectivity index (χ1v) is 10.9. The quantitative estimate of drug-likeness (QED) is 0.533. The van der Waals surface area contributed by atoms with Gasteiger partial charge in [-0.15, -0.1) is 0 Å². The Morgan fingerprint density at radius 1 is 1.19 bits per heavy atom. The third-order valence-corrected chi connectivity index (χ3v) is 5.81. The van der Waals surface area contributed by atoms with Crippen LogP contribution in [0.5, 0.6) is 5.75 Å². The van der Waals surface area contributed by atoms with E-state index < -0.39 is 10.0 Å². The van der Waals surface area contributed by atoms with Crippen molar-refractivity contribution in [1.29, 1.82) is 0 Å². The van der Waals surface area contributed by atoms with Crippen LogP contribution in [0.15, 0.2) is 51.9 Å². The number of aryl methyl sites for hydroxylation is 1. The molecule has 31 heavy (non-hydrogen) atoms. The van der Waals surface area contributed by atoms with E-state index in [2.05, 4.69) is 15.2 Å². The van der Waals surface area contributed by atoms with Gasteiger partial charge in [0.1, 0.15) is 22.0 Å². The molecule has 0 aliphatic rings. The number of hydrogen-bond acceptors (Lipinski definition) is 6. The second-order valence-corrected chi connectivity index (χ2v) is 8.64. The SMILES string of the molecule is COc1ccc(/C=C\c2onc(C)c2NC(C)=O)cc1S(=O)(=O)Nc1cccc(Cl)c1. The third-order valence-electron chi connectivity index (χ3n) is 4.17. The zero-order valence-corrected chi connectivity index (χ0v) is 18.5. The van der Waals surface area contributed by atoms with Crippen molar-refractivity contribution < 1.29 is 22.5 Å². The van der Waals surface area contributed by atoms with Gasteiger partial charge in [0.15, 0.2) is 5.76 Å². The number of methoxy groups -OCH3 is 1. The standard InChI is InChI=1S/C21H20ClN3O5S/c1-13-21(23-14(2)26)19(30-24-13)10-8-15-7-9-18(29-3)20(11-15)31(27,28)25-17-6-4-5-16(22)12-17/h4-12,25H,1-3H3,(H,23,26)/b10-8-. The Morgan fingerprint density at radius 3 is 2.65 bits per heavy atom. The molecule has 2 aromatic carbocycles. The molecule has 8 nitrogen and oxygen atoms in total. The van der Waals surface area contributed by atoms with Crippen LogP contribution >= 0.6 is 11.6 Å². The number of rotatable bonds is 7. The minimum Gasteiger partial charge on any atom is -0.495 e. The summed E-state index contributed by atoms with van der Waals surface area (Å²) in [6.45, 7) is 3.08. The number of ether oxygens (including phenoxy) is 1. The highest BCUT2D eigenvalue weighted by Crippen LogP contribution is 2.29. The number of aromatic nitrogens is 1. The van der Waals surface area contributed by atoms with Gasteiger partial charge in [-0.05, 0) is 48.9 Å². The molecule has 1 amide bonds. The second kappa shape index (κ2) is 9.23. The highest BCUT2D eigenvalue weighted by atomic mass is 35.5. The van der Waals surface area contributed by atoms with Gasteiger partial charge in [-0.3, -0.25) is 9.52 Å². The van der Waals surface area contributed by atoms with Gasteiger partial charge in [-0.2, -0.15) is 0 Å². The van der Waals surface area contributed by atoms with Gasteiger partial charge in [0.25, 0.3) is 10.0 Å². The van der Waals surface area contributed by atoms with Crippen LogP contribution in [0.1, 0.15) is 23.9 Å². The predicted molar refractivity (Wildman–Crippen MR) is 120 cm³/mol. The molecule has 0 saturated carbocycles. The van der Waals surface area contributed by atoms with Crippen LogP contribution in [0.2, 0.25) is 5.02 Å². The minimum atomic E-state index is -3.96. The number of nitrogens with one attached hydrogen (secondary N) is 2. The molecule has 10 heteroatoms. The van der Waals surface area contributed by atoms with E-state index in [9.17, 15) is 13.2 Å². The molecule has 162 valence electrons. The summed E-state index contributed by atoms with van der Waals surface area (Å²) in [5, 5.41) is 6.91. The second-order valence-electron chi connectivity index (χ2n) is 6.55. The number of benzene rings is 2. The molecule has 0 spiro atoms. The van der Waals surface area contributed by atoms with Crippen LogP contribution in [-0.4, -0.2) is 26.6 Å². The Bertz CT molecular complexity index is 1250. The lowest BCUT2D eigenvalue weighted by Crippen LogP contribution is -2.14. The molecule has 2 N–H and O–H groups in total. The normalized spacial score (nSPS) is 11.5. The number of anilines is 2. The molecule has 0 aliphatic heterocycles. The molecular weight excluding hydrogens is 442 g/mol.